The number of piperazine rings is 1. The van der Waals surface area contributed by atoms with Crippen molar-refractivity contribution in [3.8, 4) is 11.5 Å². The molecule has 1 saturated heterocycles. The molecule has 1 aromatic rings. The average Bonchev–Trinajstić information content (AvgIpc) is 2.69. The number of rotatable bonds is 6. The van der Waals surface area contributed by atoms with Crippen molar-refractivity contribution in [3.63, 3.8) is 0 Å². The third-order valence-corrected chi connectivity index (χ3v) is 4.26. The highest BCUT2D eigenvalue weighted by Crippen LogP contribution is 2.28. The van der Waals surface area contributed by atoms with E-state index in [1.54, 1.807) is 18.1 Å². The van der Waals surface area contributed by atoms with Crippen molar-refractivity contribution in [1.82, 2.24) is 9.80 Å². The number of benzene rings is 1. The number of hydrogen-bond acceptors (Lipinski definition) is 6. The van der Waals surface area contributed by atoms with Crippen molar-refractivity contribution in [2.24, 2.45) is 10.7 Å². The van der Waals surface area contributed by atoms with Crippen molar-refractivity contribution in [2.75, 3.05) is 46.5 Å². The Morgan fingerprint density at radius 1 is 1.17 bits per heavy atom. The molecular formula is C20H32N4O5. The Morgan fingerprint density at radius 2 is 1.83 bits per heavy atom. The first-order chi connectivity index (χ1) is 13.7. The maximum absolute atomic E-state index is 12.1. The van der Waals surface area contributed by atoms with E-state index in [0.29, 0.717) is 50.2 Å². The molecule has 0 bridgehead atoms. The summed E-state index contributed by atoms with van der Waals surface area (Å²) in [5.74, 6) is 1.59. The van der Waals surface area contributed by atoms with Crippen LogP contribution in [0.3, 0.4) is 0 Å². The van der Waals surface area contributed by atoms with Gasteiger partial charge in [0.1, 0.15) is 12.2 Å². The number of aliphatic imine (C=N–C) groups is 1. The summed E-state index contributed by atoms with van der Waals surface area (Å²) in [6, 6.07) is 5.51. The summed E-state index contributed by atoms with van der Waals surface area (Å²) in [6.07, 6.45) is -0.303. The molecule has 1 heterocycles. The lowest BCUT2D eigenvalue weighted by Gasteiger charge is -2.36. The molecule has 1 aromatic carbocycles. The van der Waals surface area contributed by atoms with Crippen LogP contribution in [0.25, 0.3) is 0 Å². The van der Waals surface area contributed by atoms with E-state index in [1.807, 2.05) is 37.8 Å². The van der Waals surface area contributed by atoms with Crippen LogP contribution >= 0.6 is 0 Å². The summed E-state index contributed by atoms with van der Waals surface area (Å²) < 4.78 is 16.2. The van der Waals surface area contributed by atoms with Crippen LogP contribution in [0.5, 0.6) is 11.5 Å². The van der Waals surface area contributed by atoms with Crippen LogP contribution in [0.1, 0.15) is 26.3 Å². The summed E-state index contributed by atoms with van der Waals surface area (Å²) in [6.45, 7) is 8.38. The van der Waals surface area contributed by atoms with Crippen molar-refractivity contribution < 1.29 is 24.1 Å². The van der Waals surface area contributed by atoms with Gasteiger partial charge < -0.3 is 34.9 Å². The first-order valence-electron chi connectivity index (χ1n) is 9.67. The maximum atomic E-state index is 12.1. The standard InChI is InChI=1S/C20H32N4O5/c1-20(2,3)29-19(26)24-9-7-23(8-10-24)18(21)22-14-15-5-6-16(28-12-11-25)17(13-15)27-4/h5-6,13,25H,7-12,14H2,1-4H3,(H2,21,22). The van der Waals surface area contributed by atoms with Gasteiger partial charge in [0.05, 0.1) is 20.3 Å². The Morgan fingerprint density at radius 3 is 2.41 bits per heavy atom. The molecule has 3 N–H and O–H groups in total. The van der Waals surface area contributed by atoms with Crippen LogP contribution in [0.15, 0.2) is 23.2 Å². The van der Waals surface area contributed by atoms with Crippen LogP contribution < -0.4 is 15.2 Å². The van der Waals surface area contributed by atoms with Crippen molar-refractivity contribution in [1.29, 1.82) is 0 Å². The van der Waals surface area contributed by atoms with E-state index >= 15 is 0 Å². The topological polar surface area (TPSA) is 110 Å². The largest absolute Gasteiger partial charge is 0.493 e. The lowest BCUT2D eigenvalue weighted by atomic mass is 10.2. The molecule has 0 aromatic heterocycles. The van der Waals surface area contributed by atoms with Gasteiger partial charge >= 0.3 is 6.09 Å². The van der Waals surface area contributed by atoms with Crippen LogP contribution in [0, 0.1) is 0 Å². The number of guanidine groups is 1. The zero-order valence-electron chi connectivity index (χ0n) is 17.7. The first kappa shape index (κ1) is 22.6. The second kappa shape index (κ2) is 10.2. The zero-order valence-corrected chi connectivity index (χ0v) is 17.7. The monoisotopic (exact) mass is 408 g/mol. The number of ether oxygens (including phenoxy) is 3. The Hall–Kier alpha value is -2.68. The van der Waals surface area contributed by atoms with Crippen LogP contribution in [-0.4, -0.2) is 79.1 Å². The summed E-state index contributed by atoms with van der Waals surface area (Å²) in [4.78, 5) is 20.2. The molecule has 1 fully saturated rings. The molecule has 0 spiro atoms. The number of aliphatic hydroxyl groups is 1. The fourth-order valence-corrected chi connectivity index (χ4v) is 2.80. The number of nitrogens with zero attached hydrogens (tertiary/aromatic N) is 3. The Kier molecular flexibility index (Phi) is 7.95. The van der Waals surface area contributed by atoms with E-state index in [4.69, 9.17) is 25.1 Å². The molecule has 1 amide bonds. The van der Waals surface area contributed by atoms with Crippen molar-refractivity contribution in [2.45, 2.75) is 32.9 Å². The highest BCUT2D eigenvalue weighted by atomic mass is 16.6. The average molecular weight is 408 g/mol. The minimum absolute atomic E-state index is 0.0626. The number of nitrogens with two attached hydrogens (primary N) is 1. The first-order valence-corrected chi connectivity index (χ1v) is 9.67. The minimum Gasteiger partial charge on any atom is -0.493 e. The molecule has 1 aliphatic rings. The molecule has 29 heavy (non-hydrogen) atoms. The number of methoxy groups -OCH3 is 1. The second-order valence-electron chi connectivity index (χ2n) is 7.69. The third-order valence-electron chi connectivity index (χ3n) is 4.26. The lowest BCUT2D eigenvalue weighted by molar-refractivity contribution is 0.0186. The van der Waals surface area contributed by atoms with Gasteiger partial charge in [-0.25, -0.2) is 9.79 Å². The molecule has 0 radical (unpaired) electrons. The summed E-state index contributed by atoms with van der Waals surface area (Å²) in [5, 5.41) is 8.88. The van der Waals surface area contributed by atoms with Crippen LogP contribution in [0.4, 0.5) is 4.79 Å². The minimum atomic E-state index is -0.506. The highest BCUT2D eigenvalue weighted by Gasteiger charge is 2.26. The van der Waals surface area contributed by atoms with E-state index in [9.17, 15) is 4.79 Å². The van der Waals surface area contributed by atoms with E-state index in [2.05, 4.69) is 4.99 Å². The second-order valence-corrected chi connectivity index (χ2v) is 7.69. The number of carbonyl (C=O) groups is 1. The number of amides is 1. The Bertz CT molecular complexity index is 709. The molecule has 2 rings (SSSR count). The molecule has 1 aliphatic heterocycles. The predicted molar refractivity (Wildman–Crippen MR) is 110 cm³/mol. The SMILES string of the molecule is COc1cc(CN=C(N)N2CCN(C(=O)OC(C)(C)C)CC2)ccc1OCCO. The lowest BCUT2D eigenvalue weighted by Crippen LogP contribution is -2.53. The van der Waals surface area contributed by atoms with E-state index in [1.165, 1.54) is 0 Å². The molecule has 0 atom stereocenters. The normalized spacial score (nSPS) is 15.3. The van der Waals surface area contributed by atoms with Gasteiger partial charge in [0.25, 0.3) is 0 Å². The van der Waals surface area contributed by atoms with Gasteiger partial charge in [-0.2, -0.15) is 0 Å². The van der Waals surface area contributed by atoms with Gasteiger partial charge in [0.2, 0.25) is 0 Å². The summed E-state index contributed by atoms with van der Waals surface area (Å²) in [7, 11) is 1.56. The van der Waals surface area contributed by atoms with E-state index < -0.39 is 5.60 Å². The van der Waals surface area contributed by atoms with E-state index in [0.717, 1.165) is 5.56 Å². The number of hydrogen-bond donors (Lipinski definition) is 2. The van der Waals surface area contributed by atoms with Gasteiger partial charge in [-0.1, -0.05) is 6.07 Å². The van der Waals surface area contributed by atoms with Gasteiger partial charge in [-0.15, -0.1) is 0 Å². The predicted octanol–water partition coefficient (Wildman–Crippen LogP) is 1.43. The molecule has 0 saturated carbocycles. The van der Waals surface area contributed by atoms with Crippen molar-refractivity contribution in [3.05, 3.63) is 23.8 Å². The summed E-state index contributed by atoms with van der Waals surface area (Å²) in [5.41, 5.74) is 6.56. The number of carbonyl (C=O) groups excluding carboxylic acids is 1. The van der Waals surface area contributed by atoms with Crippen LogP contribution in [-0.2, 0) is 11.3 Å². The van der Waals surface area contributed by atoms with E-state index in [-0.39, 0.29) is 19.3 Å². The molecule has 0 unspecified atom stereocenters. The van der Waals surface area contributed by atoms with Crippen molar-refractivity contribution >= 4 is 12.1 Å². The fourth-order valence-electron chi connectivity index (χ4n) is 2.80. The molecular weight excluding hydrogens is 376 g/mol. The molecule has 9 nitrogen and oxygen atoms in total. The Labute approximate surface area is 172 Å². The Balaban J connectivity index is 1.90. The maximum Gasteiger partial charge on any atom is 0.410 e. The molecule has 0 aliphatic carbocycles. The molecule has 9 heteroatoms. The summed E-state index contributed by atoms with van der Waals surface area (Å²) >= 11 is 0. The van der Waals surface area contributed by atoms with Crippen LogP contribution in [0.2, 0.25) is 0 Å². The highest BCUT2D eigenvalue weighted by molar-refractivity contribution is 5.78. The zero-order chi connectivity index (χ0) is 21.4. The van der Waals surface area contributed by atoms with Gasteiger partial charge in [0, 0.05) is 26.2 Å². The van der Waals surface area contributed by atoms with Gasteiger partial charge in [0.15, 0.2) is 17.5 Å². The smallest absolute Gasteiger partial charge is 0.410 e. The number of aliphatic hydroxyl groups excluding tert-OH is 1. The fraction of sp³-hybridized carbons (Fsp3) is 0.600. The quantitative estimate of drug-likeness (QED) is 0.541. The van der Waals surface area contributed by atoms with Gasteiger partial charge in [-0.05, 0) is 38.5 Å². The molecule has 162 valence electrons. The van der Waals surface area contributed by atoms with Gasteiger partial charge in [-0.3, -0.25) is 0 Å². The third kappa shape index (κ3) is 7.01.